The first-order valence-corrected chi connectivity index (χ1v) is 12.7. The highest BCUT2D eigenvalue weighted by Gasteiger charge is 2.21. The third kappa shape index (κ3) is 7.33. The Labute approximate surface area is 209 Å². The summed E-state index contributed by atoms with van der Waals surface area (Å²) < 4.78 is 2.09. The largest absolute Gasteiger partial charge is 0.326 e. The molecule has 0 saturated heterocycles. The summed E-state index contributed by atoms with van der Waals surface area (Å²) >= 11 is 7.44. The zero-order chi connectivity index (χ0) is 24.5. The van der Waals surface area contributed by atoms with Gasteiger partial charge in [0.2, 0.25) is 11.8 Å². The van der Waals surface area contributed by atoms with Crippen LogP contribution >= 0.6 is 23.4 Å². The number of aromatic nitrogens is 3. The van der Waals surface area contributed by atoms with Gasteiger partial charge in [-0.3, -0.25) is 9.59 Å². The standard InChI is InChI=1S/C25H30ClN5O2S/c1-4-5-6-7-16-31-23(19-8-10-20(26)11-9-19)29-30-25(31)34-17(2)24(33)28-22-14-12-21(13-15-22)27-18(3)32/h8-15,17H,4-7,16H2,1-3H3,(H,27,32)(H,28,33). The monoisotopic (exact) mass is 499 g/mol. The first-order valence-electron chi connectivity index (χ1n) is 11.4. The Morgan fingerprint density at radius 3 is 2.24 bits per heavy atom. The van der Waals surface area contributed by atoms with Crippen LogP contribution in [0, 0.1) is 0 Å². The molecule has 2 aromatic carbocycles. The van der Waals surface area contributed by atoms with Gasteiger partial charge in [0.05, 0.1) is 5.25 Å². The molecule has 180 valence electrons. The smallest absolute Gasteiger partial charge is 0.237 e. The summed E-state index contributed by atoms with van der Waals surface area (Å²) in [4.78, 5) is 24.0. The number of hydrogen-bond acceptors (Lipinski definition) is 5. The summed E-state index contributed by atoms with van der Waals surface area (Å²) in [5, 5.41) is 15.5. The Morgan fingerprint density at radius 2 is 1.62 bits per heavy atom. The summed E-state index contributed by atoms with van der Waals surface area (Å²) in [5.41, 5.74) is 2.28. The zero-order valence-corrected chi connectivity index (χ0v) is 21.2. The molecule has 9 heteroatoms. The van der Waals surface area contributed by atoms with Gasteiger partial charge < -0.3 is 15.2 Å². The molecule has 1 atom stereocenters. The fourth-order valence-corrected chi connectivity index (χ4v) is 4.38. The second kappa shape index (κ2) is 12.6. The molecule has 0 saturated carbocycles. The number of halogens is 1. The number of carbonyl (C=O) groups is 2. The minimum absolute atomic E-state index is 0.133. The summed E-state index contributed by atoms with van der Waals surface area (Å²) in [6.07, 6.45) is 4.49. The Bertz CT molecular complexity index is 1100. The van der Waals surface area contributed by atoms with Gasteiger partial charge >= 0.3 is 0 Å². The SMILES string of the molecule is CCCCCCn1c(SC(C)C(=O)Nc2ccc(NC(C)=O)cc2)nnc1-c1ccc(Cl)cc1. The number of amides is 2. The van der Waals surface area contributed by atoms with Gasteiger partial charge in [-0.25, -0.2) is 0 Å². The van der Waals surface area contributed by atoms with Gasteiger partial charge in [-0.2, -0.15) is 0 Å². The lowest BCUT2D eigenvalue weighted by Crippen LogP contribution is -2.23. The number of nitrogens with zero attached hydrogens (tertiary/aromatic N) is 3. The van der Waals surface area contributed by atoms with Crippen molar-refractivity contribution in [3.63, 3.8) is 0 Å². The van der Waals surface area contributed by atoms with E-state index in [0.29, 0.717) is 21.6 Å². The summed E-state index contributed by atoms with van der Waals surface area (Å²) in [6.45, 7) is 6.28. The van der Waals surface area contributed by atoms with Gasteiger partial charge in [-0.15, -0.1) is 10.2 Å². The second-order valence-corrected chi connectivity index (χ2v) is 9.78. The molecule has 0 aliphatic carbocycles. The molecule has 0 radical (unpaired) electrons. The first kappa shape index (κ1) is 25.8. The van der Waals surface area contributed by atoms with Crippen LogP contribution in [0.25, 0.3) is 11.4 Å². The maximum atomic E-state index is 12.8. The number of thioether (sulfide) groups is 1. The Balaban J connectivity index is 1.71. The van der Waals surface area contributed by atoms with Crippen LogP contribution in [0.2, 0.25) is 5.02 Å². The first-order chi connectivity index (χ1) is 16.4. The van der Waals surface area contributed by atoms with Crippen LogP contribution in [-0.4, -0.2) is 31.8 Å². The predicted molar refractivity (Wildman–Crippen MR) is 139 cm³/mol. The lowest BCUT2D eigenvalue weighted by Gasteiger charge is -2.14. The van der Waals surface area contributed by atoms with Crippen molar-refractivity contribution >= 4 is 46.6 Å². The van der Waals surface area contributed by atoms with Crippen LogP contribution in [-0.2, 0) is 16.1 Å². The molecule has 3 aromatic rings. The molecule has 7 nitrogen and oxygen atoms in total. The molecule has 0 spiro atoms. The molecular formula is C25H30ClN5O2S. The van der Waals surface area contributed by atoms with E-state index >= 15 is 0 Å². The van der Waals surface area contributed by atoms with Crippen molar-refractivity contribution in [3.8, 4) is 11.4 Å². The van der Waals surface area contributed by atoms with Crippen LogP contribution in [0.3, 0.4) is 0 Å². The fourth-order valence-electron chi connectivity index (χ4n) is 3.38. The molecule has 0 aliphatic rings. The predicted octanol–water partition coefficient (Wildman–Crippen LogP) is 6.26. The molecule has 1 unspecified atom stereocenters. The van der Waals surface area contributed by atoms with Crippen LogP contribution in [0.1, 0.15) is 46.5 Å². The van der Waals surface area contributed by atoms with Gasteiger partial charge in [0.1, 0.15) is 0 Å². The average Bonchev–Trinajstić information content (AvgIpc) is 3.20. The molecule has 2 N–H and O–H groups in total. The Kier molecular flexibility index (Phi) is 9.53. The average molecular weight is 500 g/mol. The number of nitrogens with one attached hydrogen (secondary N) is 2. The van der Waals surface area contributed by atoms with Crippen molar-refractivity contribution < 1.29 is 9.59 Å². The second-order valence-electron chi connectivity index (χ2n) is 8.03. The van der Waals surface area contributed by atoms with Gasteiger partial charge in [-0.1, -0.05) is 49.5 Å². The number of rotatable bonds is 11. The molecule has 1 aromatic heterocycles. The van der Waals surface area contributed by atoms with Crippen molar-refractivity contribution in [2.45, 2.75) is 63.4 Å². The highest BCUT2D eigenvalue weighted by atomic mass is 35.5. The van der Waals surface area contributed by atoms with Crippen molar-refractivity contribution in [3.05, 3.63) is 53.6 Å². The number of anilines is 2. The molecule has 2 amide bonds. The van der Waals surface area contributed by atoms with Crippen LogP contribution in [0.15, 0.2) is 53.7 Å². The maximum Gasteiger partial charge on any atom is 0.237 e. The summed E-state index contributed by atoms with van der Waals surface area (Å²) in [6, 6.07) is 14.6. The fraction of sp³-hybridized carbons (Fsp3) is 0.360. The van der Waals surface area contributed by atoms with E-state index in [4.69, 9.17) is 11.6 Å². The van der Waals surface area contributed by atoms with Gasteiger partial charge in [0, 0.05) is 35.4 Å². The normalized spacial score (nSPS) is 11.8. The molecule has 3 rings (SSSR count). The third-order valence-corrected chi connectivity index (χ3v) is 6.51. The molecular weight excluding hydrogens is 470 g/mol. The van der Waals surface area contributed by atoms with E-state index < -0.39 is 0 Å². The molecule has 1 heterocycles. The van der Waals surface area contributed by atoms with E-state index in [1.165, 1.54) is 25.1 Å². The van der Waals surface area contributed by atoms with E-state index in [1.807, 2.05) is 31.2 Å². The molecule has 0 bridgehead atoms. The highest BCUT2D eigenvalue weighted by molar-refractivity contribution is 8.00. The Morgan fingerprint density at radius 1 is 0.971 bits per heavy atom. The molecule has 0 fully saturated rings. The minimum atomic E-state index is -0.383. The zero-order valence-electron chi connectivity index (χ0n) is 19.7. The topological polar surface area (TPSA) is 88.9 Å². The van der Waals surface area contributed by atoms with E-state index in [0.717, 1.165) is 37.2 Å². The molecule has 34 heavy (non-hydrogen) atoms. The molecule has 0 aliphatic heterocycles. The van der Waals surface area contributed by atoms with Crippen molar-refractivity contribution in [2.24, 2.45) is 0 Å². The summed E-state index contributed by atoms with van der Waals surface area (Å²) in [5.74, 6) is 0.501. The third-order valence-electron chi connectivity index (χ3n) is 5.18. The van der Waals surface area contributed by atoms with E-state index in [2.05, 4.69) is 32.3 Å². The van der Waals surface area contributed by atoms with Crippen LogP contribution in [0.4, 0.5) is 11.4 Å². The van der Waals surface area contributed by atoms with Crippen LogP contribution < -0.4 is 10.6 Å². The lowest BCUT2D eigenvalue weighted by atomic mass is 10.2. The van der Waals surface area contributed by atoms with Gasteiger partial charge in [-0.05, 0) is 61.9 Å². The van der Waals surface area contributed by atoms with E-state index in [9.17, 15) is 9.59 Å². The van der Waals surface area contributed by atoms with Crippen molar-refractivity contribution in [2.75, 3.05) is 10.6 Å². The van der Waals surface area contributed by atoms with Gasteiger partial charge in [0.15, 0.2) is 11.0 Å². The quantitative estimate of drug-likeness (QED) is 0.240. The van der Waals surface area contributed by atoms with Gasteiger partial charge in [0.25, 0.3) is 0 Å². The van der Waals surface area contributed by atoms with Crippen LogP contribution in [0.5, 0.6) is 0 Å². The van der Waals surface area contributed by atoms with E-state index in [1.54, 1.807) is 24.3 Å². The Hall–Kier alpha value is -2.84. The van der Waals surface area contributed by atoms with Crippen molar-refractivity contribution in [1.82, 2.24) is 14.8 Å². The lowest BCUT2D eigenvalue weighted by molar-refractivity contribution is -0.115. The summed E-state index contributed by atoms with van der Waals surface area (Å²) in [7, 11) is 0. The number of benzene rings is 2. The minimum Gasteiger partial charge on any atom is -0.326 e. The number of carbonyl (C=O) groups excluding carboxylic acids is 2. The highest BCUT2D eigenvalue weighted by Crippen LogP contribution is 2.29. The number of hydrogen-bond donors (Lipinski definition) is 2. The maximum absolute atomic E-state index is 12.8. The number of unbranched alkanes of at least 4 members (excludes halogenated alkanes) is 3. The van der Waals surface area contributed by atoms with E-state index in [-0.39, 0.29) is 17.1 Å². The van der Waals surface area contributed by atoms with Crippen molar-refractivity contribution in [1.29, 1.82) is 0 Å².